The quantitative estimate of drug-likeness (QED) is 0.936. The van der Waals surface area contributed by atoms with Crippen LogP contribution >= 0.6 is 0 Å². The molecule has 2 atom stereocenters. The third-order valence-electron chi connectivity index (χ3n) is 5.27. The molecule has 0 spiro atoms. The molecule has 1 aromatic carbocycles. The highest BCUT2D eigenvalue weighted by atomic mass is 16.5. The van der Waals surface area contributed by atoms with E-state index in [9.17, 15) is 4.79 Å². The number of hydrogen-bond acceptors (Lipinski definition) is 4. The van der Waals surface area contributed by atoms with Crippen molar-refractivity contribution < 1.29 is 9.53 Å². The molecule has 1 aromatic heterocycles. The van der Waals surface area contributed by atoms with Gasteiger partial charge in [-0.15, -0.1) is 0 Å². The fourth-order valence-corrected chi connectivity index (χ4v) is 3.84. The van der Waals surface area contributed by atoms with Crippen molar-refractivity contribution in [2.75, 3.05) is 26.2 Å². The first kappa shape index (κ1) is 16.1. The van der Waals surface area contributed by atoms with E-state index < -0.39 is 0 Å². The maximum Gasteiger partial charge on any atom is 0.253 e. The monoisotopic (exact) mass is 337 g/mol. The minimum Gasteiger partial charge on any atom is -0.457 e. The second-order valence-electron chi connectivity index (χ2n) is 6.86. The van der Waals surface area contributed by atoms with Crippen LogP contribution in [0.15, 0.2) is 48.8 Å². The van der Waals surface area contributed by atoms with Crippen LogP contribution < -0.4 is 10.1 Å². The standard InChI is InChI=1S/C20H23N3O2/c24-20(23-10-6-16-13-22-14-17(16)7-11-23)15-2-1-3-19(12-15)25-18-4-8-21-9-5-18/h1-5,8-9,12,16-17,22H,6-7,10-11,13-14H2/t16-,17+. The number of carbonyl (C=O) groups is 1. The van der Waals surface area contributed by atoms with Crippen LogP contribution in [0.4, 0.5) is 0 Å². The summed E-state index contributed by atoms with van der Waals surface area (Å²) in [5.41, 5.74) is 0.691. The Labute approximate surface area is 148 Å². The molecule has 130 valence electrons. The Morgan fingerprint density at radius 3 is 2.48 bits per heavy atom. The molecule has 5 nitrogen and oxygen atoms in total. The molecular formula is C20H23N3O2. The lowest BCUT2D eigenvalue weighted by Crippen LogP contribution is -2.32. The summed E-state index contributed by atoms with van der Waals surface area (Å²) in [6.45, 7) is 3.89. The summed E-state index contributed by atoms with van der Waals surface area (Å²) < 4.78 is 5.82. The first-order valence-corrected chi connectivity index (χ1v) is 8.97. The lowest BCUT2D eigenvalue weighted by atomic mass is 9.92. The molecule has 1 amide bonds. The number of nitrogens with one attached hydrogen (secondary N) is 1. The molecule has 5 heteroatoms. The summed E-state index contributed by atoms with van der Waals surface area (Å²) in [5.74, 6) is 2.94. The van der Waals surface area contributed by atoms with E-state index in [1.54, 1.807) is 24.5 Å². The summed E-state index contributed by atoms with van der Waals surface area (Å²) in [4.78, 5) is 18.9. The van der Waals surface area contributed by atoms with Gasteiger partial charge in [-0.05, 0) is 68.1 Å². The number of likely N-dealkylation sites (tertiary alicyclic amines) is 1. The molecule has 4 rings (SSSR count). The maximum absolute atomic E-state index is 12.9. The number of carbonyl (C=O) groups excluding carboxylic acids is 1. The molecule has 0 saturated carbocycles. The van der Waals surface area contributed by atoms with Crippen LogP contribution in [0, 0.1) is 11.8 Å². The predicted molar refractivity (Wildman–Crippen MR) is 95.7 cm³/mol. The summed E-state index contributed by atoms with van der Waals surface area (Å²) in [6, 6.07) is 11.0. The zero-order valence-electron chi connectivity index (χ0n) is 14.2. The van der Waals surface area contributed by atoms with E-state index >= 15 is 0 Å². The number of hydrogen-bond donors (Lipinski definition) is 1. The average Bonchev–Trinajstić information content (AvgIpc) is 3.01. The van der Waals surface area contributed by atoms with Gasteiger partial charge in [0.15, 0.2) is 0 Å². The van der Waals surface area contributed by atoms with E-state index in [4.69, 9.17) is 4.74 Å². The van der Waals surface area contributed by atoms with Gasteiger partial charge in [0.05, 0.1) is 0 Å². The largest absolute Gasteiger partial charge is 0.457 e. The second-order valence-corrected chi connectivity index (χ2v) is 6.86. The molecule has 2 aliphatic heterocycles. The van der Waals surface area contributed by atoms with Crippen molar-refractivity contribution in [3.8, 4) is 11.5 Å². The smallest absolute Gasteiger partial charge is 0.253 e. The third kappa shape index (κ3) is 3.66. The highest BCUT2D eigenvalue weighted by molar-refractivity contribution is 5.94. The Balaban J connectivity index is 1.46. The predicted octanol–water partition coefficient (Wildman–Crippen LogP) is 2.95. The Kier molecular flexibility index (Phi) is 4.65. The molecule has 2 aliphatic rings. The van der Waals surface area contributed by atoms with Crippen molar-refractivity contribution in [2.24, 2.45) is 11.8 Å². The minimum absolute atomic E-state index is 0.105. The van der Waals surface area contributed by atoms with Gasteiger partial charge in [-0.1, -0.05) is 6.07 Å². The van der Waals surface area contributed by atoms with Crippen molar-refractivity contribution in [1.82, 2.24) is 15.2 Å². The molecule has 3 heterocycles. The van der Waals surface area contributed by atoms with E-state index in [1.165, 1.54) is 0 Å². The van der Waals surface area contributed by atoms with Crippen LogP contribution in [0.5, 0.6) is 11.5 Å². The van der Waals surface area contributed by atoms with E-state index in [0.717, 1.165) is 56.6 Å². The van der Waals surface area contributed by atoms with E-state index in [1.807, 2.05) is 29.2 Å². The van der Waals surface area contributed by atoms with Gasteiger partial charge in [-0.25, -0.2) is 0 Å². The molecule has 0 radical (unpaired) electrons. The fraction of sp³-hybridized carbons (Fsp3) is 0.400. The third-order valence-corrected chi connectivity index (χ3v) is 5.27. The van der Waals surface area contributed by atoms with Gasteiger partial charge in [0.2, 0.25) is 0 Å². The Hall–Kier alpha value is -2.40. The number of nitrogens with zero attached hydrogens (tertiary/aromatic N) is 2. The molecule has 1 N–H and O–H groups in total. The van der Waals surface area contributed by atoms with E-state index in [2.05, 4.69) is 10.3 Å². The molecule has 25 heavy (non-hydrogen) atoms. The Morgan fingerprint density at radius 1 is 1.04 bits per heavy atom. The van der Waals surface area contributed by atoms with Gasteiger partial charge in [0.25, 0.3) is 5.91 Å². The lowest BCUT2D eigenvalue weighted by molar-refractivity contribution is 0.0758. The van der Waals surface area contributed by atoms with Gasteiger partial charge >= 0.3 is 0 Å². The first-order valence-electron chi connectivity index (χ1n) is 8.97. The molecule has 2 fully saturated rings. The van der Waals surface area contributed by atoms with Crippen molar-refractivity contribution >= 4 is 5.91 Å². The molecule has 0 aliphatic carbocycles. The Morgan fingerprint density at radius 2 is 1.76 bits per heavy atom. The number of pyridine rings is 1. The van der Waals surface area contributed by atoms with Crippen LogP contribution in [0.25, 0.3) is 0 Å². The van der Waals surface area contributed by atoms with Crippen molar-refractivity contribution in [3.05, 3.63) is 54.4 Å². The molecule has 0 unspecified atom stereocenters. The first-order chi connectivity index (χ1) is 12.3. The molecule has 0 bridgehead atoms. The SMILES string of the molecule is O=C(c1cccc(Oc2ccncc2)c1)N1CC[C@@H]2CNC[C@@H]2CC1. The van der Waals surface area contributed by atoms with E-state index in [-0.39, 0.29) is 5.91 Å². The van der Waals surface area contributed by atoms with Gasteiger partial charge in [-0.2, -0.15) is 0 Å². The zero-order valence-corrected chi connectivity index (χ0v) is 14.2. The fourth-order valence-electron chi connectivity index (χ4n) is 3.84. The number of fused-ring (bicyclic) bond motifs is 1. The number of aromatic nitrogens is 1. The number of ether oxygens (including phenoxy) is 1. The van der Waals surface area contributed by atoms with Gasteiger partial charge < -0.3 is 15.0 Å². The van der Waals surface area contributed by atoms with Crippen molar-refractivity contribution in [3.63, 3.8) is 0 Å². The molecular weight excluding hydrogens is 314 g/mol. The van der Waals surface area contributed by atoms with Crippen LogP contribution in [0.3, 0.4) is 0 Å². The Bertz CT molecular complexity index is 721. The highest BCUT2D eigenvalue weighted by Crippen LogP contribution is 2.28. The second kappa shape index (κ2) is 7.23. The zero-order chi connectivity index (χ0) is 17.1. The average molecular weight is 337 g/mol. The normalized spacial score (nSPS) is 23.0. The lowest BCUT2D eigenvalue weighted by Gasteiger charge is -2.21. The topological polar surface area (TPSA) is 54.5 Å². The number of rotatable bonds is 3. The van der Waals surface area contributed by atoms with Crippen molar-refractivity contribution in [1.29, 1.82) is 0 Å². The van der Waals surface area contributed by atoms with Crippen molar-refractivity contribution in [2.45, 2.75) is 12.8 Å². The van der Waals surface area contributed by atoms with Crippen LogP contribution in [0.2, 0.25) is 0 Å². The highest BCUT2D eigenvalue weighted by Gasteiger charge is 2.31. The molecule has 2 saturated heterocycles. The number of benzene rings is 1. The van der Waals surface area contributed by atoms with Gasteiger partial charge in [0.1, 0.15) is 11.5 Å². The number of amides is 1. The van der Waals surface area contributed by atoms with E-state index in [0.29, 0.717) is 11.3 Å². The van der Waals surface area contributed by atoms with Crippen LogP contribution in [-0.4, -0.2) is 42.0 Å². The van der Waals surface area contributed by atoms with Crippen LogP contribution in [-0.2, 0) is 0 Å². The van der Waals surface area contributed by atoms with Gasteiger partial charge in [0, 0.05) is 31.0 Å². The summed E-state index contributed by atoms with van der Waals surface area (Å²) in [7, 11) is 0. The summed E-state index contributed by atoms with van der Waals surface area (Å²) >= 11 is 0. The summed E-state index contributed by atoms with van der Waals surface area (Å²) in [5, 5.41) is 3.47. The molecule has 2 aromatic rings. The van der Waals surface area contributed by atoms with Gasteiger partial charge in [-0.3, -0.25) is 9.78 Å². The maximum atomic E-state index is 12.9. The van der Waals surface area contributed by atoms with Crippen LogP contribution in [0.1, 0.15) is 23.2 Å². The minimum atomic E-state index is 0.105. The summed E-state index contributed by atoms with van der Waals surface area (Å²) in [6.07, 6.45) is 5.56.